The van der Waals surface area contributed by atoms with Crippen molar-refractivity contribution >= 4 is 5.97 Å². The summed E-state index contributed by atoms with van der Waals surface area (Å²) in [7, 11) is 0. The fourth-order valence-corrected chi connectivity index (χ4v) is 1.31. The van der Waals surface area contributed by atoms with Gasteiger partial charge >= 0.3 is 5.97 Å². The molecule has 1 unspecified atom stereocenters. The Balaban J connectivity index is 4.13. The molecule has 12 heavy (non-hydrogen) atoms. The van der Waals surface area contributed by atoms with Crippen molar-refractivity contribution < 1.29 is 9.90 Å². The molecule has 0 amide bonds. The Kier molecular flexibility index (Phi) is 4.24. The second-order valence-electron chi connectivity index (χ2n) is 3.78. The third-order valence-electron chi connectivity index (χ3n) is 1.96. The number of carbonyl (C=O) groups is 1. The van der Waals surface area contributed by atoms with E-state index >= 15 is 0 Å². The van der Waals surface area contributed by atoms with Crippen LogP contribution in [-0.4, -0.2) is 22.7 Å². The van der Waals surface area contributed by atoms with Crippen molar-refractivity contribution in [3.8, 4) is 0 Å². The van der Waals surface area contributed by atoms with Gasteiger partial charge in [-0.25, -0.2) is 0 Å². The minimum atomic E-state index is -0.743. The lowest BCUT2D eigenvalue weighted by atomic mass is 9.94. The molecule has 1 atom stereocenters. The van der Waals surface area contributed by atoms with Crippen LogP contribution >= 0.6 is 0 Å². The maximum atomic E-state index is 10.5. The van der Waals surface area contributed by atoms with Gasteiger partial charge in [0, 0.05) is 11.6 Å². The molecule has 3 nitrogen and oxygen atoms in total. The lowest BCUT2D eigenvalue weighted by Gasteiger charge is -2.30. The molecule has 0 heterocycles. The standard InChI is InChI=1S/C9H19NO2/c1-5-9(4,6-8(11)12)10-7(2)3/h7,10H,5-6H2,1-4H3,(H,11,12). The van der Waals surface area contributed by atoms with Crippen molar-refractivity contribution in [3.63, 3.8) is 0 Å². The topological polar surface area (TPSA) is 49.3 Å². The highest BCUT2D eigenvalue weighted by Gasteiger charge is 2.25. The first-order valence-electron chi connectivity index (χ1n) is 4.39. The molecule has 0 aliphatic rings. The normalized spacial score (nSPS) is 16.1. The van der Waals surface area contributed by atoms with E-state index in [4.69, 9.17) is 5.11 Å². The molecule has 0 bridgehead atoms. The van der Waals surface area contributed by atoms with Crippen LogP contribution in [0.3, 0.4) is 0 Å². The number of rotatable bonds is 5. The number of carboxylic acid groups (broad SMARTS) is 1. The molecule has 0 saturated carbocycles. The molecule has 3 heteroatoms. The summed E-state index contributed by atoms with van der Waals surface area (Å²) in [5.41, 5.74) is -0.264. The summed E-state index contributed by atoms with van der Waals surface area (Å²) in [6.45, 7) is 7.99. The van der Waals surface area contributed by atoms with E-state index in [2.05, 4.69) is 5.32 Å². The summed E-state index contributed by atoms with van der Waals surface area (Å²) in [6, 6.07) is 0.328. The molecule has 0 saturated heterocycles. The molecular formula is C9H19NO2. The molecule has 0 aliphatic carbocycles. The fourth-order valence-electron chi connectivity index (χ4n) is 1.31. The first-order chi connectivity index (χ1) is 5.39. The van der Waals surface area contributed by atoms with Crippen LogP contribution in [0.5, 0.6) is 0 Å². The van der Waals surface area contributed by atoms with Crippen LogP contribution in [0, 0.1) is 0 Å². The summed E-state index contributed by atoms with van der Waals surface area (Å²) >= 11 is 0. The van der Waals surface area contributed by atoms with Gasteiger partial charge in [0.1, 0.15) is 0 Å². The Bertz CT molecular complexity index is 157. The van der Waals surface area contributed by atoms with E-state index < -0.39 is 5.97 Å². The maximum Gasteiger partial charge on any atom is 0.305 e. The second-order valence-corrected chi connectivity index (χ2v) is 3.78. The first-order valence-corrected chi connectivity index (χ1v) is 4.39. The monoisotopic (exact) mass is 173 g/mol. The quantitative estimate of drug-likeness (QED) is 0.664. The van der Waals surface area contributed by atoms with Crippen LogP contribution in [0.4, 0.5) is 0 Å². The lowest BCUT2D eigenvalue weighted by molar-refractivity contribution is -0.138. The Morgan fingerprint density at radius 2 is 2.08 bits per heavy atom. The lowest BCUT2D eigenvalue weighted by Crippen LogP contribution is -2.47. The zero-order chi connectivity index (χ0) is 9.78. The average Bonchev–Trinajstić information content (AvgIpc) is 1.83. The largest absolute Gasteiger partial charge is 0.481 e. The average molecular weight is 173 g/mol. The summed E-state index contributed by atoms with van der Waals surface area (Å²) < 4.78 is 0. The summed E-state index contributed by atoms with van der Waals surface area (Å²) in [6.07, 6.45) is 1.01. The molecule has 0 aliphatic heterocycles. The van der Waals surface area contributed by atoms with Gasteiger partial charge < -0.3 is 10.4 Å². The Labute approximate surface area is 74.2 Å². The van der Waals surface area contributed by atoms with Crippen molar-refractivity contribution in [2.45, 2.75) is 52.1 Å². The van der Waals surface area contributed by atoms with E-state index in [0.29, 0.717) is 6.04 Å². The predicted molar refractivity (Wildman–Crippen MR) is 49.2 cm³/mol. The van der Waals surface area contributed by atoms with Gasteiger partial charge in [0.05, 0.1) is 6.42 Å². The zero-order valence-electron chi connectivity index (χ0n) is 8.35. The van der Waals surface area contributed by atoms with Gasteiger partial charge in [-0.3, -0.25) is 4.79 Å². The van der Waals surface area contributed by atoms with Crippen molar-refractivity contribution in [1.29, 1.82) is 0 Å². The minimum Gasteiger partial charge on any atom is -0.481 e. The van der Waals surface area contributed by atoms with Gasteiger partial charge in [0.2, 0.25) is 0 Å². The van der Waals surface area contributed by atoms with E-state index in [1.165, 1.54) is 0 Å². The summed E-state index contributed by atoms with van der Waals surface area (Å²) in [5, 5.41) is 11.9. The first kappa shape index (κ1) is 11.4. The molecule has 0 spiro atoms. The van der Waals surface area contributed by atoms with Crippen LogP contribution in [0.2, 0.25) is 0 Å². The van der Waals surface area contributed by atoms with Gasteiger partial charge in [-0.1, -0.05) is 20.8 Å². The Hall–Kier alpha value is -0.570. The highest BCUT2D eigenvalue weighted by Crippen LogP contribution is 2.14. The van der Waals surface area contributed by atoms with E-state index in [1.54, 1.807) is 0 Å². The highest BCUT2D eigenvalue weighted by atomic mass is 16.4. The van der Waals surface area contributed by atoms with Crippen LogP contribution < -0.4 is 5.32 Å². The van der Waals surface area contributed by atoms with Crippen molar-refractivity contribution in [1.82, 2.24) is 5.32 Å². The molecule has 0 aromatic carbocycles. The SMILES string of the molecule is CCC(C)(CC(=O)O)NC(C)C. The number of hydrogen-bond acceptors (Lipinski definition) is 2. The van der Waals surface area contributed by atoms with Gasteiger partial charge in [-0.15, -0.1) is 0 Å². The molecule has 0 fully saturated rings. The van der Waals surface area contributed by atoms with E-state index in [9.17, 15) is 4.79 Å². The van der Waals surface area contributed by atoms with E-state index in [0.717, 1.165) is 6.42 Å². The van der Waals surface area contributed by atoms with Gasteiger partial charge in [-0.05, 0) is 13.3 Å². The molecule has 0 aromatic rings. The third kappa shape index (κ3) is 4.34. The zero-order valence-corrected chi connectivity index (χ0v) is 8.35. The third-order valence-corrected chi connectivity index (χ3v) is 1.96. The van der Waals surface area contributed by atoms with Crippen LogP contribution in [0.15, 0.2) is 0 Å². The molecule has 0 aromatic heterocycles. The second kappa shape index (κ2) is 4.45. The van der Waals surface area contributed by atoms with E-state index in [1.807, 2.05) is 27.7 Å². The molecule has 0 rings (SSSR count). The molecule has 0 radical (unpaired) electrons. The van der Waals surface area contributed by atoms with Gasteiger partial charge in [-0.2, -0.15) is 0 Å². The number of aliphatic carboxylic acids is 1. The van der Waals surface area contributed by atoms with Crippen LogP contribution in [0.1, 0.15) is 40.5 Å². The van der Waals surface area contributed by atoms with Crippen molar-refractivity contribution in [2.24, 2.45) is 0 Å². The van der Waals surface area contributed by atoms with Crippen molar-refractivity contribution in [2.75, 3.05) is 0 Å². The van der Waals surface area contributed by atoms with Crippen molar-refractivity contribution in [3.05, 3.63) is 0 Å². The molecular weight excluding hydrogens is 154 g/mol. The van der Waals surface area contributed by atoms with Gasteiger partial charge in [0.15, 0.2) is 0 Å². The maximum absolute atomic E-state index is 10.5. The summed E-state index contributed by atoms with van der Waals surface area (Å²) in [5.74, 6) is -0.743. The number of nitrogens with one attached hydrogen (secondary N) is 1. The summed E-state index contributed by atoms with van der Waals surface area (Å²) in [4.78, 5) is 10.5. The number of carboxylic acids is 1. The van der Waals surface area contributed by atoms with E-state index in [-0.39, 0.29) is 12.0 Å². The highest BCUT2D eigenvalue weighted by molar-refractivity contribution is 5.68. The fraction of sp³-hybridized carbons (Fsp3) is 0.889. The minimum absolute atomic E-state index is 0.182. The number of hydrogen-bond donors (Lipinski definition) is 2. The Morgan fingerprint density at radius 1 is 1.58 bits per heavy atom. The molecule has 72 valence electrons. The predicted octanol–water partition coefficient (Wildman–Crippen LogP) is 1.63. The van der Waals surface area contributed by atoms with Crippen LogP contribution in [0.25, 0.3) is 0 Å². The van der Waals surface area contributed by atoms with Crippen LogP contribution in [-0.2, 0) is 4.79 Å². The molecule has 2 N–H and O–H groups in total. The Morgan fingerprint density at radius 3 is 2.33 bits per heavy atom. The van der Waals surface area contributed by atoms with Gasteiger partial charge in [0.25, 0.3) is 0 Å². The smallest absolute Gasteiger partial charge is 0.305 e.